The van der Waals surface area contributed by atoms with Crippen molar-refractivity contribution in [2.75, 3.05) is 36.1 Å². The lowest BCUT2D eigenvalue weighted by atomic mass is 10.1. The van der Waals surface area contributed by atoms with Crippen LogP contribution < -0.4 is 19.1 Å². The van der Waals surface area contributed by atoms with Crippen molar-refractivity contribution in [3.8, 4) is 22.8 Å². The fourth-order valence-corrected chi connectivity index (χ4v) is 4.92. The SMILES string of the molecule is COc1ccc(OC)c(-c2cc(C(=O)Nc3ccc(N4CCCS4(=O)=O)cc3)no2)c1. The van der Waals surface area contributed by atoms with Crippen molar-refractivity contribution in [1.82, 2.24) is 5.16 Å². The van der Waals surface area contributed by atoms with Crippen molar-refractivity contribution in [1.29, 1.82) is 0 Å². The second kappa shape index (κ2) is 8.31. The van der Waals surface area contributed by atoms with Gasteiger partial charge in [-0.15, -0.1) is 0 Å². The monoisotopic (exact) mass is 443 g/mol. The van der Waals surface area contributed by atoms with E-state index in [-0.39, 0.29) is 11.4 Å². The van der Waals surface area contributed by atoms with Gasteiger partial charge in [0.2, 0.25) is 10.0 Å². The minimum absolute atomic E-state index is 0.0890. The van der Waals surface area contributed by atoms with Gasteiger partial charge in [0.1, 0.15) is 11.5 Å². The van der Waals surface area contributed by atoms with E-state index in [1.54, 1.807) is 49.6 Å². The highest BCUT2D eigenvalue weighted by Gasteiger charge is 2.28. The first-order valence-corrected chi connectivity index (χ1v) is 11.1. The lowest BCUT2D eigenvalue weighted by Crippen LogP contribution is -2.25. The quantitative estimate of drug-likeness (QED) is 0.623. The molecule has 1 N–H and O–H groups in total. The average Bonchev–Trinajstić information content (AvgIpc) is 3.40. The summed E-state index contributed by atoms with van der Waals surface area (Å²) in [6, 6.07) is 13.3. The molecule has 4 rings (SSSR count). The van der Waals surface area contributed by atoms with Gasteiger partial charge in [0.25, 0.3) is 5.91 Å². The van der Waals surface area contributed by atoms with Crippen LogP contribution in [0.3, 0.4) is 0 Å². The Bertz CT molecular complexity index is 1200. The van der Waals surface area contributed by atoms with E-state index in [9.17, 15) is 13.2 Å². The molecule has 10 heteroatoms. The number of aromatic nitrogens is 1. The van der Waals surface area contributed by atoms with Gasteiger partial charge in [-0.05, 0) is 48.9 Å². The van der Waals surface area contributed by atoms with Crippen LogP contribution in [-0.4, -0.2) is 46.0 Å². The summed E-state index contributed by atoms with van der Waals surface area (Å²) in [6.07, 6.45) is 0.605. The van der Waals surface area contributed by atoms with Crippen molar-refractivity contribution in [3.05, 3.63) is 54.2 Å². The molecule has 0 spiro atoms. The Hall–Kier alpha value is -3.53. The third-order valence-electron chi connectivity index (χ3n) is 4.93. The zero-order chi connectivity index (χ0) is 22.0. The third kappa shape index (κ3) is 4.19. The molecule has 0 unspecified atom stereocenters. The van der Waals surface area contributed by atoms with Gasteiger partial charge in [0.15, 0.2) is 11.5 Å². The second-order valence-electron chi connectivity index (χ2n) is 6.89. The highest BCUT2D eigenvalue weighted by Crippen LogP contribution is 2.34. The molecular formula is C21H21N3O6S. The highest BCUT2D eigenvalue weighted by atomic mass is 32.2. The molecule has 1 saturated heterocycles. The molecule has 0 aliphatic carbocycles. The van der Waals surface area contributed by atoms with Crippen molar-refractivity contribution in [3.63, 3.8) is 0 Å². The lowest BCUT2D eigenvalue weighted by Gasteiger charge is -2.17. The Morgan fingerprint density at radius 3 is 2.52 bits per heavy atom. The van der Waals surface area contributed by atoms with E-state index in [0.29, 0.717) is 47.2 Å². The molecule has 0 atom stereocenters. The number of amides is 1. The molecule has 1 fully saturated rings. The number of carbonyl (C=O) groups excluding carboxylic acids is 1. The molecule has 1 aromatic heterocycles. The minimum atomic E-state index is -3.25. The molecule has 3 aromatic rings. The molecule has 1 amide bonds. The number of sulfonamides is 1. The smallest absolute Gasteiger partial charge is 0.277 e. The second-order valence-corrected chi connectivity index (χ2v) is 8.90. The summed E-state index contributed by atoms with van der Waals surface area (Å²) < 4.78 is 41.4. The van der Waals surface area contributed by atoms with Crippen molar-refractivity contribution < 1.29 is 27.2 Å². The summed E-state index contributed by atoms with van der Waals surface area (Å²) in [6.45, 7) is 0.462. The fraction of sp³-hybridized carbons (Fsp3) is 0.238. The maximum absolute atomic E-state index is 12.6. The molecule has 162 valence electrons. The van der Waals surface area contributed by atoms with Gasteiger partial charge in [-0.25, -0.2) is 8.42 Å². The third-order valence-corrected chi connectivity index (χ3v) is 6.80. The molecule has 0 radical (unpaired) electrons. The van der Waals surface area contributed by atoms with E-state index in [1.807, 2.05) is 0 Å². The van der Waals surface area contributed by atoms with Crippen LogP contribution in [0.1, 0.15) is 16.9 Å². The standard InChI is InChI=1S/C21H21N3O6S/c1-28-16-8-9-19(29-2)17(12-16)20-13-18(23-30-20)21(25)22-14-4-6-15(7-5-14)24-10-3-11-31(24,26)27/h4-9,12-13H,3,10-11H2,1-2H3,(H,22,25). The van der Waals surface area contributed by atoms with Crippen LogP contribution in [0.15, 0.2) is 53.1 Å². The molecular weight excluding hydrogens is 422 g/mol. The van der Waals surface area contributed by atoms with E-state index in [1.165, 1.54) is 17.5 Å². The molecule has 9 nitrogen and oxygen atoms in total. The Balaban J connectivity index is 1.50. The van der Waals surface area contributed by atoms with E-state index in [2.05, 4.69) is 10.5 Å². The topological polar surface area (TPSA) is 111 Å². The minimum Gasteiger partial charge on any atom is -0.497 e. The first kappa shape index (κ1) is 20.7. The molecule has 0 saturated carbocycles. The number of carbonyl (C=O) groups is 1. The van der Waals surface area contributed by atoms with Gasteiger partial charge in [-0.3, -0.25) is 9.10 Å². The van der Waals surface area contributed by atoms with Gasteiger partial charge < -0.3 is 19.3 Å². The van der Waals surface area contributed by atoms with Crippen molar-refractivity contribution >= 4 is 27.3 Å². The zero-order valence-corrected chi connectivity index (χ0v) is 17.8. The van der Waals surface area contributed by atoms with Crippen molar-refractivity contribution in [2.24, 2.45) is 0 Å². The van der Waals surface area contributed by atoms with Crippen LogP contribution in [0.4, 0.5) is 11.4 Å². The van der Waals surface area contributed by atoms with Crippen LogP contribution in [0.5, 0.6) is 11.5 Å². The fourth-order valence-electron chi connectivity index (χ4n) is 3.35. The first-order valence-electron chi connectivity index (χ1n) is 9.52. The van der Waals surface area contributed by atoms with Crippen LogP contribution in [-0.2, 0) is 10.0 Å². The predicted octanol–water partition coefficient (Wildman–Crippen LogP) is 3.15. The summed E-state index contributed by atoms with van der Waals surface area (Å²) in [5.41, 5.74) is 1.77. The van der Waals surface area contributed by atoms with Gasteiger partial charge in [-0.1, -0.05) is 5.16 Å². The Morgan fingerprint density at radius 1 is 1.10 bits per heavy atom. The van der Waals surface area contributed by atoms with Crippen LogP contribution in [0, 0.1) is 0 Å². The van der Waals surface area contributed by atoms with Gasteiger partial charge in [0, 0.05) is 18.3 Å². The lowest BCUT2D eigenvalue weighted by molar-refractivity contribution is 0.101. The molecule has 1 aliphatic rings. The summed E-state index contributed by atoms with van der Waals surface area (Å²) in [5, 5.41) is 6.58. The molecule has 31 heavy (non-hydrogen) atoms. The molecule has 2 heterocycles. The van der Waals surface area contributed by atoms with Crippen molar-refractivity contribution in [2.45, 2.75) is 6.42 Å². The molecule has 0 bridgehead atoms. The van der Waals surface area contributed by atoms with E-state index < -0.39 is 15.9 Å². The Kier molecular flexibility index (Phi) is 5.55. The van der Waals surface area contributed by atoms with Gasteiger partial charge >= 0.3 is 0 Å². The number of nitrogens with zero attached hydrogens (tertiary/aromatic N) is 2. The average molecular weight is 443 g/mol. The molecule has 2 aromatic carbocycles. The Labute approximate surface area is 179 Å². The van der Waals surface area contributed by atoms with Crippen LogP contribution in [0.2, 0.25) is 0 Å². The number of ether oxygens (including phenoxy) is 2. The highest BCUT2D eigenvalue weighted by molar-refractivity contribution is 7.93. The number of rotatable bonds is 6. The largest absolute Gasteiger partial charge is 0.497 e. The molecule has 1 aliphatic heterocycles. The summed E-state index contributed by atoms with van der Waals surface area (Å²) in [7, 11) is -0.164. The summed E-state index contributed by atoms with van der Waals surface area (Å²) in [4.78, 5) is 12.6. The maximum atomic E-state index is 12.6. The van der Waals surface area contributed by atoms with Gasteiger partial charge in [-0.2, -0.15) is 0 Å². The van der Waals surface area contributed by atoms with Crippen LogP contribution in [0.25, 0.3) is 11.3 Å². The predicted molar refractivity (Wildman–Crippen MR) is 115 cm³/mol. The summed E-state index contributed by atoms with van der Waals surface area (Å²) in [5.74, 6) is 1.21. The summed E-state index contributed by atoms with van der Waals surface area (Å²) >= 11 is 0. The number of methoxy groups -OCH3 is 2. The Morgan fingerprint density at radius 2 is 1.87 bits per heavy atom. The number of hydrogen-bond acceptors (Lipinski definition) is 7. The number of anilines is 2. The first-order chi connectivity index (χ1) is 14.9. The van der Waals surface area contributed by atoms with E-state index in [4.69, 9.17) is 14.0 Å². The maximum Gasteiger partial charge on any atom is 0.277 e. The number of hydrogen-bond donors (Lipinski definition) is 1. The normalized spacial score (nSPS) is 15.0. The number of benzene rings is 2. The zero-order valence-electron chi connectivity index (χ0n) is 17.0. The van der Waals surface area contributed by atoms with E-state index >= 15 is 0 Å². The number of nitrogens with one attached hydrogen (secondary N) is 1. The van der Waals surface area contributed by atoms with Gasteiger partial charge in [0.05, 0.1) is 31.2 Å². The van der Waals surface area contributed by atoms with E-state index in [0.717, 1.165) is 0 Å². The van der Waals surface area contributed by atoms with Crippen LogP contribution >= 0.6 is 0 Å².